The van der Waals surface area contributed by atoms with Gasteiger partial charge in [-0.2, -0.15) is 0 Å². The molecular formula is C20H23ClN4O4. The Morgan fingerprint density at radius 2 is 2.03 bits per heavy atom. The Morgan fingerprint density at radius 3 is 2.66 bits per heavy atom. The molecule has 1 aliphatic rings. The molecule has 2 heterocycles. The van der Waals surface area contributed by atoms with E-state index in [9.17, 15) is 9.59 Å². The first-order valence-electron chi connectivity index (χ1n) is 9.22. The van der Waals surface area contributed by atoms with Crippen molar-refractivity contribution in [3.8, 4) is 5.75 Å². The minimum absolute atomic E-state index is 0.0453. The fourth-order valence-corrected chi connectivity index (χ4v) is 3.55. The Morgan fingerprint density at radius 1 is 1.28 bits per heavy atom. The standard InChI is InChI=1S/C20H23ClN4O4/c1-29-15-6-7-17(22-10-15)16-11-25(12-19(26)27)9-8-18(16)24-20(28)23-14-4-2-13(21)3-5-14/h2-7,10,16,18H,8-9,11-12H2,1H3,(H,26,27)(H2,23,24,28). The number of nitrogens with zero attached hydrogens (tertiary/aromatic N) is 2. The smallest absolute Gasteiger partial charge is 0.319 e. The third-order valence-electron chi connectivity index (χ3n) is 4.85. The maximum atomic E-state index is 12.5. The van der Waals surface area contributed by atoms with Gasteiger partial charge in [-0.1, -0.05) is 11.6 Å². The highest BCUT2D eigenvalue weighted by Gasteiger charge is 2.33. The van der Waals surface area contributed by atoms with Gasteiger partial charge < -0.3 is 20.5 Å². The molecule has 2 amide bonds. The van der Waals surface area contributed by atoms with E-state index in [0.717, 1.165) is 5.69 Å². The molecule has 9 heteroatoms. The number of benzene rings is 1. The number of carbonyl (C=O) groups is 2. The number of hydrogen-bond acceptors (Lipinski definition) is 5. The Hall–Kier alpha value is -2.84. The van der Waals surface area contributed by atoms with Gasteiger partial charge in [0, 0.05) is 41.5 Å². The third-order valence-corrected chi connectivity index (χ3v) is 5.10. The lowest BCUT2D eigenvalue weighted by atomic mass is 9.89. The second-order valence-corrected chi connectivity index (χ2v) is 7.30. The first-order chi connectivity index (χ1) is 13.9. The van der Waals surface area contributed by atoms with Crippen LogP contribution < -0.4 is 15.4 Å². The molecule has 0 saturated carbocycles. The van der Waals surface area contributed by atoms with Crippen LogP contribution >= 0.6 is 11.6 Å². The van der Waals surface area contributed by atoms with Gasteiger partial charge in [-0.05, 0) is 42.8 Å². The Balaban J connectivity index is 1.72. The molecule has 8 nitrogen and oxygen atoms in total. The van der Waals surface area contributed by atoms with Crippen molar-refractivity contribution in [1.29, 1.82) is 0 Å². The highest BCUT2D eigenvalue weighted by Crippen LogP contribution is 2.27. The van der Waals surface area contributed by atoms with Gasteiger partial charge in [0.05, 0.1) is 19.9 Å². The molecule has 29 heavy (non-hydrogen) atoms. The summed E-state index contributed by atoms with van der Waals surface area (Å²) in [6, 6.07) is 9.98. The summed E-state index contributed by atoms with van der Waals surface area (Å²) in [7, 11) is 1.57. The van der Waals surface area contributed by atoms with Gasteiger partial charge in [-0.15, -0.1) is 0 Å². The number of likely N-dealkylation sites (tertiary alicyclic amines) is 1. The van der Waals surface area contributed by atoms with Crippen molar-refractivity contribution < 1.29 is 19.4 Å². The summed E-state index contributed by atoms with van der Waals surface area (Å²) >= 11 is 5.87. The molecule has 2 atom stereocenters. The Labute approximate surface area is 173 Å². The van der Waals surface area contributed by atoms with Crippen molar-refractivity contribution >= 4 is 29.3 Å². The van der Waals surface area contributed by atoms with Crippen LogP contribution in [0.1, 0.15) is 18.0 Å². The number of anilines is 1. The summed E-state index contributed by atoms with van der Waals surface area (Å²) in [5.41, 5.74) is 1.41. The van der Waals surface area contributed by atoms with Crippen molar-refractivity contribution in [2.75, 3.05) is 32.1 Å². The minimum atomic E-state index is -0.877. The predicted octanol–water partition coefficient (Wildman–Crippen LogP) is 2.81. The second-order valence-electron chi connectivity index (χ2n) is 6.86. The third kappa shape index (κ3) is 5.82. The van der Waals surface area contributed by atoms with Crippen molar-refractivity contribution in [3.05, 3.63) is 53.3 Å². The van der Waals surface area contributed by atoms with Gasteiger partial charge in [0.15, 0.2) is 0 Å². The number of ether oxygens (including phenoxy) is 1. The van der Waals surface area contributed by atoms with Crippen molar-refractivity contribution in [2.24, 2.45) is 0 Å². The molecule has 154 valence electrons. The number of rotatable bonds is 6. The summed E-state index contributed by atoms with van der Waals surface area (Å²) in [5.74, 6) is -0.389. The number of urea groups is 1. The highest BCUT2D eigenvalue weighted by atomic mass is 35.5. The molecule has 1 aliphatic heterocycles. The van der Waals surface area contributed by atoms with Crippen LogP contribution in [-0.2, 0) is 4.79 Å². The fourth-order valence-electron chi connectivity index (χ4n) is 3.43. The highest BCUT2D eigenvalue weighted by molar-refractivity contribution is 6.30. The topological polar surface area (TPSA) is 104 Å². The lowest BCUT2D eigenvalue weighted by Gasteiger charge is -2.38. The summed E-state index contributed by atoms with van der Waals surface area (Å²) < 4.78 is 5.16. The lowest BCUT2D eigenvalue weighted by molar-refractivity contribution is -0.138. The zero-order chi connectivity index (χ0) is 20.8. The number of amides is 2. The Kier molecular flexibility index (Phi) is 6.90. The number of pyridine rings is 1. The van der Waals surface area contributed by atoms with Gasteiger partial charge in [-0.25, -0.2) is 4.79 Å². The van der Waals surface area contributed by atoms with Gasteiger partial charge in [0.2, 0.25) is 0 Å². The van der Waals surface area contributed by atoms with E-state index in [1.165, 1.54) is 0 Å². The van der Waals surface area contributed by atoms with E-state index in [-0.39, 0.29) is 24.5 Å². The van der Waals surface area contributed by atoms with Crippen LogP contribution in [0.5, 0.6) is 5.75 Å². The molecule has 2 unspecified atom stereocenters. The van der Waals surface area contributed by atoms with Crippen LogP contribution in [-0.4, -0.2) is 59.8 Å². The number of piperidine rings is 1. The molecule has 2 aromatic rings. The van der Waals surface area contributed by atoms with E-state index in [1.807, 2.05) is 17.0 Å². The van der Waals surface area contributed by atoms with Gasteiger partial charge >= 0.3 is 12.0 Å². The number of halogens is 1. The number of carboxylic acid groups (broad SMARTS) is 1. The van der Waals surface area contributed by atoms with Crippen molar-refractivity contribution in [2.45, 2.75) is 18.4 Å². The molecule has 0 spiro atoms. The van der Waals surface area contributed by atoms with Gasteiger partial charge in [-0.3, -0.25) is 14.7 Å². The minimum Gasteiger partial charge on any atom is -0.495 e. The van der Waals surface area contributed by atoms with Crippen LogP contribution in [0.3, 0.4) is 0 Å². The van der Waals surface area contributed by atoms with Crippen molar-refractivity contribution in [3.63, 3.8) is 0 Å². The van der Waals surface area contributed by atoms with Gasteiger partial charge in [0.25, 0.3) is 0 Å². The zero-order valence-corrected chi connectivity index (χ0v) is 16.7. The first-order valence-corrected chi connectivity index (χ1v) is 9.59. The second kappa shape index (κ2) is 9.58. The maximum absolute atomic E-state index is 12.5. The van der Waals surface area contributed by atoms with E-state index in [2.05, 4.69) is 15.6 Å². The number of methoxy groups -OCH3 is 1. The average molecular weight is 419 g/mol. The Bertz CT molecular complexity index is 845. The summed E-state index contributed by atoms with van der Waals surface area (Å²) in [5, 5.41) is 15.5. The summed E-state index contributed by atoms with van der Waals surface area (Å²) in [6.07, 6.45) is 2.23. The van der Waals surface area contributed by atoms with Crippen LogP contribution in [0.2, 0.25) is 5.02 Å². The van der Waals surface area contributed by atoms with Crippen LogP contribution in [0.25, 0.3) is 0 Å². The number of aliphatic carboxylic acids is 1. The van der Waals surface area contributed by atoms with Crippen LogP contribution in [0, 0.1) is 0 Å². The van der Waals surface area contributed by atoms with E-state index in [1.54, 1.807) is 37.6 Å². The number of nitrogens with one attached hydrogen (secondary N) is 2. The molecular weight excluding hydrogens is 396 g/mol. The van der Waals surface area contributed by atoms with Crippen LogP contribution in [0.15, 0.2) is 42.6 Å². The largest absolute Gasteiger partial charge is 0.495 e. The summed E-state index contributed by atoms with van der Waals surface area (Å²) in [6.45, 7) is 1.01. The van der Waals surface area contributed by atoms with E-state index in [0.29, 0.717) is 36.0 Å². The average Bonchev–Trinajstić information content (AvgIpc) is 2.70. The lowest BCUT2D eigenvalue weighted by Crippen LogP contribution is -2.51. The molecule has 0 radical (unpaired) electrons. The normalized spacial score (nSPS) is 19.4. The zero-order valence-electron chi connectivity index (χ0n) is 16.0. The molecule has 0 aliphatic carbocycles. The maximum Gasteiger partial charge on any atom is 0.319 e. The molecule has 3 rings (SSSR count). The number of hydrogen-bond donors (Lipinski definition) is 3. The quantitative estimate of drug-likeness (QED) is 0.666. The monoisotopic (exact) mass is 418 g/mol. The van der Waals surface area contributed by atoms with Gasteiger partial charge in [0.1, 0.15) is 5.75 Å². The SMILES string of the molecule is COc1ccc(C2CN(CC(=O)O)CCC2NC(=O)Nc2ccc(Cl)cc2)nc1. The summed E-state index contributed by atoms with van der Waals surface area (Å²) in [4.78, 5) is 29.9. The molecule has 0 bridgehead atoms. The fraction of sp³-hybridized carbons (Fsp3) is 0.350. The van der Waals surface area contributed by atoms with Crippen LogP contribution in [0.4, 0.5) is 10.5 Å². The van der Waals surface area contributed by atoms with E-state index >= 15 is 0 Å². The van der Waals surface area contributed by atoms with E-state index in [4.69, 9.17) is 21.4 Å². The van der Waals surface area contributed by atoms with Crippen molar-refractivity contribution in [1.82, 2.24) is 15.2 Å². The van der Waals surface area contributed by atoms with E-state index < -0.39 is 5.97 Å². The molecule has 1 aromatic carbocycles. The molecule has 1 saturated heterocycles. The molecule has 1 fully saturated rings. The molecule has 1 aromatic heterocycles. The number of carboxylic acids is 1. The number of carbonyl (C=O) groups excluding carboxylic acids is 1. The molecule has 3 N–H and O–H groups in total. The first kappa shape index (κ1) is 20.9. The predicted molar refractivity (Wildman–Crippen MR) is 110 cm³/mol. The number of aromatic nitrogens is 1.